The molecule has 188 valence electrons. The molecule has 0 spiro atoms. The van der Waals surface area contributed by atoms with Gasteiger partial charge in [0.2, 0.25) is 18.0 Å². The smallest absolute Gasteiger partial charge is 0.308 e. The van der Waals surface area contributed by atoms with E-state index in [0.29, 0.717) is 11.3 Å². The summed E-state index contributed by atoms with van der Waals surface area (Å²) in [6.07, 6.45) is -1.03. The SMILES string of the molecule is CC(=O)Oc1ccc([N+](=O)[O-])cc1C1=NN(C(C)=O)[C@@H](c2ccc(NC(=O)c3ccc(F)cc3)cc2)O1. The summed E-state index contributed by atoms with van der Waals surface area (Å²) in [5.41, 5.74) is 0.902. The second-order valence-corrected chi connectivity index (χ2v) is 7.85. The number of anilines is 1. The van der Waals surface area contributed by atoms with Crippen LogP contribution in [0, 0.1) is 15.9 Å². The number of esters is 1. The van der Waals surface area contributed by atoms with E-state index in [9.17, 15) is 28.9 Å². The zero-order chi connectivity index (χ0) is 26.7. The Morgan fingerprint density at radius 3 is 2.32 bits per heavy atom. The summed E-state index contributed by atoms with van der Waals surface area (Å²) in [6, 6.07) is 14.9. The van der Waals surface area contributed by atoms with Gasteiger partial charge in [-0.3, -0.25) is 24.5 Å². The van der Waals surface area contributed by atoms with Gasteiger partial charge in [-0.2, -0.15) is 5.01 Å². The molecule has 12 heteroatoms. The number of ether oxygens (including phenoxy) is 2. The second kappa shape index (κ2) is 10.2. The first-order valence-electron chi connectivity index (χ1n) is 10.8. The molecule has 1 atom stereocenters. The van der Waals surface area contributed by atoms with Crippen LogP contribution in [0.2, 0.25) is 0 Å². The molecular weight excluding hydrogens is 487 g/mol. The number of carbonyl (C=O) groups is 3. The number of benzene rings is 3. The Kier molecular flexibility index (Phi) is 6.91. The quantitative estimate of drug-likeness (QED) is 0.229. The van der Waals surface area contributed by atoms with Crippen LogP contribution in [-0.4, -0.2) is 33.6 Å². The zero-order valence-electron chi connectivity index (χ0n) is 19.5. The van der Waals surface area contributed by atoms with Crippen molar-refractivity contribution in [3.8, 4) is 5.75 Å². The van der Waals surface area contributed by atoms with Crippen molar-refractivity contribution in [1.29, 1.82) is 0 Å². The Hall–Kier alpha value is -5.13. The number of hydrogen-bond donors (Lipinski definition) is 1. The topological polar surface area (TPSA) is 140 Å². The summed E-state index contributed by atoms with van der Waals surface area (Å²) in [6.45, 7) is 2.43. The van der Waals surface area contributed by atoms with Crippen molar-refractivity contribution in [2.75, 3.05) is 5.32 Å². The van der Waals surface area contributed by atoms with Crippen molar-refractivity contribution in [3.63, 3.8) is 0 Å². The van der Waals surface area contributed by atoms with E-state index in [1.807, 2.05) is 0 Å². The summed E-state index contributed by atoms with van der Waals surface area (Å²) in [4.78, 5) is 46.9. The summed E-state index contributed by atoms with van der Waals surface area (Å²) >= 11 is 0. The maximum Gasteiger partial charge on any atom is 0.308 e. The number of nitro benzene ring substituents is 1. The van der Waals surface area contributed by atoms with Gasteiger partial charge in [-0.25, -0.2) is 4.39 Å². The van der Waals surface area contributed by atoms with Crippen LogP contribution in [0.1, 0.15) is 41.6 Å². The van der Waals surface area contributed by atoms with Crippen LogP contribution in [0.25, 0.3) is 0 Å². The molecular formula is C25H19FN4O7. The first-order valence-corrected chi connectivity index (χ1v) is 10.8. The van der Waals surface area contributed by atoms with Gasteiger partial charge in [-0.1, -0.05) is 12.1 Å². The average Bonchev–Trinajstić information content (AvgIpc) is 3.30. The molecule has 3 aromatic rings. The third kappa shape index (κ3) is 5.59. The molecule has 0 aromatic heterocycles. The average molecular weight is 506 g/mol. The number of rotatable bonds is 6. The molecule has 11 nitrogen and oxygen atoms in total. The summed E-state index contributed by atoms with van der Waals surface area (Å²) in [5, 5.41) is 19.2. The van der Waals surface area contributed by atoms with E-state index in [1.54, 1.807) is 24.3 Å². The van der Waals surface area contributed by atoms with E-state index in [4.69, 9.17) is 9.47 Å². The first kappa shape index (κ1) is 25.0. The number of hydrogen-bond acceptors (Lipinski definition) is 8. The summed E-state index contributed by atoms with van der Waals surface area (Å²) in [7, 11) is 0. The lowest BCUT2D eigenvalue weighted by atomic mass is 10.1. The lowest BCUT2D eigenvalue weighted by molar-refractivity contribution is -0.384. The number of amides is 2. The van der Waals surface area contributed by atoms with Crippen LogP contribution in [0.5, 0.6) is 5.75 Å². The van der Waals surface area contributed by atoms with Crippen LogP contribution in [0.4, 0.5) is 15.8 Å². The first-order chi connectivity index (χ1) is 17.6. The van der Waals surface area contributed by atoms with Gasteiger partial charge in [0.1, 0.15) is 11.6 Å². The number of nitrogens with one attached hydrogen (secondary N) is 1. The fourth-order valence-corrected chi connectivity index (χ4v) is 3.47. The van der Waals surface area contributed by atoms with Gasteiger partial charge in [0.05, 0.1) is 10.5 Å². The van der Waals surface area contributed by atoms with E-state index < -0.39 is 34.8 Å². The second-order valence-electron chi connectivity index (χ2n) is 7.85. The van der Waals surface area contributed by atoms with Gasteiger partial charge in [-0.15, -0.1) is 5.10 Å². The van der Waals surface area contributed by atoms with Crippen LogP contribution >= 0.6 is 0 Å². The van der Waals surface area contributed by atoms with Crippen LogP contribution in [0.15, 0.2) is 71.8 Å². The number of carbonyl (C=O) groups excluding carboxylic acids is 3. The Labute approximate surface area is 209 Å². The van der Waals surface area contributed by atoms with Crippen molar-refractivity contribution in [1.82, 2.24) is 5.01 Å². The summed E-state index contributed by atoms with van der Waals surface area (Å²) in [5.74, 6) is -2.22. The van der Waals surface area contributed by atoms with Crippen LogP contribution in [-0.2, 0) is 14.3 Å². The van der Waals surface area contributed by atoms with Gasteiger partial charge >= 0.3 is 5.97 Å². The van der Waals surface area contributed by atoms with Gasteiger partial charge in [0, 0.05) is 42.8 Å². The minimum atomic E-state index is -1.03. The molecule has 0 bridgehead atoms. The molecule has 0 unspecified atom stereocenters. The number of hydrazone groups is 1. The molecule has 1 aliphatic heterocycles. The minimum absolute atomic E-state index is 0.0151. The highest BCUT2D eigenvalue weighted by atomic mass is 19.1. The fourth-order valence-electron chi connectivity index (χ4n) is 3.47. The maximum absolute atomic E-state index is 13.1. The summed E-state index contributed by atoms with van der Waals surface area (Å²) < 4.78 is 24.1. The normalized spacial score (nSPS) is 14.4. The standard InChI is InChI=1S/C25H19FN4O7/c1-14(31)29-25(17-5-9-19(10-6-17)27-23(33)16-3-7-18(26)8-4-16)37-24(28-29)21-13-20(30(34)35)11-12-22(21)36-15(2)32/h3-13,25H,1-2H3,(H,27,33)/t25-/m1/s1. The molecule has 3 aromatic carbocycles. The predicted octanol–water partition coefficient (Wildman–Crippen LogP) is 4.15. The number of nitro groups is 1. The zero-order valence-corrected chi connectivity index (χ0v) is 19.5. The molecule has 0 saturated carbocycles. The van der Waals surface area contributed by atoms with E-state index >= 15 is 0 Å². The molecule has 2 amide bonds. The molecule has 0 saturated heterocycles. The van der Waals surface area contributed by atoms with E-state index in [1.165, 1.54) is 44.2 Å². The van der Waals surface area contributed by atoms with Crippen molar-refractivity contribution < 1.29 is 33.2 Å². The largest absolute Gasteiger partial charge is 0.446 e. The van der Waals surface area contributed by atoms with Gasteiger partial charge in [0.15, 0.2) is 0 Å². The van der Waals surface area contributed by atoms with Crippen LogP contribution < -0.4 is 10.1 Å². The van der Waals surface area contributed by atoms with Crippen molar-refractivity contribution in [2.24, 2.45) is 5.10 Å². The van der Waals surface area contributed by atoms with E-state index in [-0.39, 0.29) is 28.5 Å². The van der Waals surface area contributed by atoms with Crippen molar-refractivity contribution in [3.05, 3.63) is 99.4 Å². The molecule has 0 radical (unpaired) electrons. The van der Waals surface area contributed by atoms with Gasteiger partial charge < -0.3 is 14.8 Å². The van der Waals surface area contributed by atoms with Gasteiger partial charge in [0.25, 0.3) is 11.6 Å². The predicted molar refractivity (Wildman–Crippen MR) is 128 cm³/mol. The number of non-ortho nitro benzene ring substituents is 1. The lowest BCUT2D eigenvalue weighted by Crippen LogP contribution is -2.25. The highest BCUT2D eigenvalue weighted by Crippen LogP contribution is 2.34. The van der Waals surface area contributed by atoms with Gasteiger partial charge in [-0.05, 0) is 42.5 Å². The Morgan fingerprint density at radius 1 is 1.05 bits per heavy atom. The Morgan fingerprint density at radius 2 is 1.73 bits per heavy atom. The third-order valence-corrected chi connectivity index (χ3v) is 5.18. The Balaban J connectivity index is 1.58. The highest BCUT2D eigenvalue weighted by Gasteiger charge is 2.35. The monoisotopic (exact) mass is 506 g/mol. The maximum atomic E-state index is 13.1. The van der Waals surface area contributed by atoms with E-state index in [2.05, 4.69) is 10.4 Å². The molecule has 1 N–H and O–H groups in total. The molecule has 1 aliphatic rings. The Bertz CT molecular complexity index is 1420. The molecule has 0 aliphatic carbocycles. The molecule has 0 fully saturated rings. The number of halogens is 1. The van der Waals surface area contributed by atoms with Crippen molar-refractivity contribution in [2.45, 2.75) is 20.1 Å². The van der Waals surface area contributed by atoms with Crippen molar-refractivity contribution >= 4 is 35.1 Å². The third-order valence-electron chi connectivity index (χ3n) is 5.18. The minimum Gasteiger partial charge on any atom is -0.446 e. The lowest BCUT2D eigenvalue weighted by Gasteiger charge is -2.19. The molecule has 4 rings (SSSR count). The van der Waals surface area contributed by atoms with E-state index in [0.717, 1.165) is 17.1 Å². The fraction of sp³-hybridized carbons (Fsp3) is 0.120. The number of nitrogens with zero attached hydrogens (tertiary/aromatic N) is 3. The molecule has 37 heavy (non-hydrogen) atoms. The molecule has 1 heterocycles. The van der Waals surface area contributed by atoms with Crippen LogP contribution in [0.3, 0.4) is 0 Å². The highest BCUT2D eigenvalue weighted by molar-refractivity contribution is 6.04.